The van der Waals surface area contributed by atoms with Gasteiger partial charge in [0.05, 0.1) is 16.4 Å². The fourth-order valence-electron chi connectivity index (χ4n) is 1.39. The summed E-state index contributed by atoms with van der Waals surface area (Å²) in [5, 5.41) is 0.112. The molecule has 0 atom stereocenters. The quantitative estimate of drug-likeness (QED) is 0.788. The van der Waals surface area contributed by atoms with Crippen molar-refractivity contribution < 1.29 is 4.39 Å². The van der Waals surface area contributed by atoms with E-state index in [2.05, 4.69) is 0 Å². The second kappa shape index (κ2) is 4.51. The Kier molecular flexibility index (Phi) is 3.58. The molecule has 0 spiro atoms. The Hall–Kier alpha value is -0.960. The fourth-order valence-corrected chi connectivity index (χ4v) is 1.55. The smallest absolute Gasteiger partial charge is 0.143 e. The number of halogens is 2. The Labute approximate surface area is 88.5 Å². The summed E-state index contributed by atoms with van der Waals surface area (Å²) in [6, 6.07) is 2.83. The summed E-state index contributed by atoms with van der Waals surface area (Å²) < 4.78 is 13.0. The maximum Gasteiger partial charge on any atom is 0.143 e. The lowest BCUT2D eigenvalue weighted by Crippen LogP contribution is -2.23. The molecule has 0 unspecified atom stereocenters. The zero-order chi connectivity index (χ0) is 10.7. The van der Waals surface area contributed by atoms with Crippen LogP contribution in [0.4, 0.5) is 15.8 Å². The van der Waals surface area contributed by atoms with E-state index in [0.29, 0.717) is 5.69 Å². The topological polar surface area (TPSA) is 29.3 Å². The molecule has 0 aliphatic carbocycles. The van der Waals surface area contributed by atoms with Crippen LogP contribution < -0.4 is 10.6 Å². The zero-order valence-corrected chi connectivity index (χ0v) is 9.11. The third-order valence-corrected chi connectivity index (χ3v) is 2.46. The van der Waals surface area contributed by atoms with Crippen LogP contribution in [-0.2, 0) is 0 Å². The minimum absolute atomic E-state index is 0.112. The molecule has 0 aliphatic heterocycles. The van der Waals surface area contributed by atoms with E-state index in [-0.39, 0.29) is 5.02 Å². The van der Waals surface area contributed by atoms with Crippen LogP contribution >= 0.6 is 11.6 Å². The largest absolute Gasteiger partial charge is 0.397 e. The summed E-state index contributed by atoms with van der Waals surface area (Å²) in [4.78, 5) is 2.03. The Balaban J connectivity index is 3.14. The van der Waals surface area contributed by atoms with Gasteiger partial charge in [-0.2, -0.15) is 0 Å². The van der Waals surface area contributed by atoms with Gasteiger partial charge in [-0.1, -0.05) is 11.6 Å². The van der Waals surface area contributed by atoms with E-state index in [0.717, 1.165) is 18.8 Å². The molecular formula is C10H14ClFN2. The highest BCUT2D eigenvalue weighted by Gasteiger charge is 2.10. The van der Waals surface area contributed by atoms with Crippen LogP contribution in [0.5, 0.6) is 0 Å². The standard InChI is InChI=1S/C10H14ClFN2/c1-3-14(4-2)10-5-7(11)8(12)6-9(10)13/h5-6H,3-4,13H2,1-2H3. The van der Waals surface area contributed by atoms with Gasteiger partial charge >= 0.3 is 0 Å². The molecule has 0 saturated heterocycles. The molecule has 1 aromatic rings. The first-order chi connectivity index (χ1) is 6.60. The molecule has 0 aliphatic rings. The Morgan fingerprint density at radius 1 is 1.36 bits per heavy atom. The lowest BCUT2D eigenvalue weighted by atomic mass is 10.2. The summed E-state index contributed by atoms with van der Waals surface area (Å²) in [5.74, 6) is -0.472. The molecule has 78 valence electrons. The van der Waals surface area contributed by atoms with E-state index < -0.39 is 5.82 Å². The molecule has 0 saturated carbocycles. The normalized spacial score (nSPS) is 10.3. The third-order valence-electron chi connectivity index (χ3n) is 2.17. The summed E-state index contributed by atoms with van der Waals surface area (Å²) >= 11 is 5.69. The second-order valence-electron chi connectivity index (χ2n) is 3.00. The van der Waals surface area contributed by atoms with Gasteiger partial charge in [0.2, 0.25) is 0 Å². The van der Waals surface area contributed by atoms with Crippen LogP contribution in [0.1, 0.15) is 13.8 Å². The van der Waals surface area contributed by atoms with Crippen LogP contribution in [-0.4, -0.2) is 13.1 Å². The van der Waals surface area contributed by atoms with Gasteiger partial charge in [0.1, 0.15) is 5.82 Å². The number of hydrogen-bond acceptors (Lipinski definition) is 2. The average molecular weight is 217 g/mol. The van der Waals surface area contributed by atoms with Gasteiger partial charge in [-0.15, -0.1) is 0 Å². The van der Waals surface area contributed by atoms with E-state index in [1.807, 2.05) is 18.7 Å². The molecule has 1 rings (SSSR count). The Morgan fingerprint density at radius 3 is 2.43 bits per heavy atom. The monoisotopic (exact) mass is 216 g/mol. The number of nitrogens with zero attached hydrogens (tertiary/aromatic N) is 1. The molecule has 4 heteroatoms. The number of anilines is 2. The minimum atomic E-state index is -0.472. The SMILES string of the molecule is CCN(CC)c1cc(Cl)c(F)cc1N. The first-order valence-electron chi connectivity index (χ1n) is 4.59. The van der Waals surface area contributed by atoms with Crippen LogP contribution in [0.15, 0.2) is 12.1 Å². The van der Waals surface area contributed by atoms with Crippen molar-refractivity contribution in [1.29, 1.82) is 0 Å². The first kappa shape index (κ1) is 11.1. The van der Waals surface area contributed by atoms with Crippen molar-refractivity contribution in [2.45, 2.75) is 13.8 Å². The van der Waals surface area contributed by atoms with E-state index in [9.17, 15) is 4.39 Å². The van der Waals surface area contributed by atoms with Crippen LogP contribution in [0.2, 0.25) is 5.02 Å². The number of nitrogen functional groups attached to an aromatic ring is 1. The second-order valence-corrected chi connectivity index (χ2v) is 3.40. The molecule has 0 bridgehead atoms. The highest BCUT2D eigenvalue weighted by atomic mass is 35.5. The summed E-state index contributed by atoms with van der Waals surface area (Å²) in [6.45, 7) is 5.67. The number of rotatable bonds is 3. The van der Waals surface area contributed by atoms with Gasteiger partial charge in [0, 0.05) is 19.2 Å². The van der Waals surface area contributed by atoms with E-state index in [4.69, 9.17) is 17.3 Å². The van der Waals surface area contributed by atoms with Crippen molar-refractivity contribution in [2.24, 2.45) is 0 Å². The number of benzene rings is 1. The van der Waals surface area contributed by atoms with Crippen molar-refractivity contribution >= 4 is 23.0 Å². The molecule has 0 amide bonds. The fraction of sp³-hybridized carbons (Fsp3) is 0.400. The van der Waals surface area contributed by atoms with Crippen molar-refractivity contribution in [1.82, 2.24) is 0 Å². The minimum Gasteiger partial charge on any atom is -0.397 e. The van der Waals surface area contributed by atoms with E-state index in [1.165, 1.54) is 6.07 Å². The lowest BCUT2D eigenvalue weighted by molar-refractivity contribution is 0.628. The molecule has 0 heterocycles. The van der Waals surface area contributed by atoms with Gasteiger partial charge in [-0.05, 0) is 19.9 Å². The maximum atomic E-state index is 13.0. The predicted octanol–water partition coefficient (Wildman–Crippen LogP) is 2.91. The Morgan fingerprint density at radius 2 is 1.93 bits per heavy atom. The molecule has 0 aromatic heterocycles. The van der Waals surface area contributed by atoms with Crippen LogP contribution in [0.25, 0.3) is 0 Å². The molecular weight excluding hydrogens is 203 g/mol. The maximum absolute atomic E-state index is 13.0. The van der Waals surface area contributed by atoms with Gasteiger partial charge < -0.3 is 10.6 Å². The van der Waals surface area contributed by atoms with Crippen LogP contribution in [0, 0.1) is 5.82 Å². The summed E-state index contributed by atoms with van der Waals surface area (Å²) in [6.07, 6.45) is 0. The molecule has 14 heavy (non-hydrogen) atoms. The molecule has 2 N–H and O–H groups in total. The zero-order valence-electron chi connectivity index (χ0n) is 8.35. The van der Waals surface area contributed by atoms with Gasteiger partial charge in [0.25, 0.3) is 0 Å². The average Bonchev–Trinajstić information content (AvgIpc) is 2.15. The van der Waals surface area contributed by atoms with Crippen molar-refractivity contribution in [3.05, 3.63) is 23.0 Å². The van der Waals surface area contributed by atoms with E-state index >= 15 is 0 Å². The molecule has 1 aromatic carbocycles. The van der Waals surface area contributed by atoms with Gasteiger partial charge in [0.15, 0.2) is 0 Å². The van der Waals surface area contributed by atoms with E-state index in [1.54, 1.807) is 6.07 Å². The highest BCUT2D eigenvalue weighted by molar-refractivity contribution is 6.31. The highest BCUT2D eigenvalue weighted by Crippen LogP contribution is 2.29. The van der Waals surface area contributed by atoms with Crippen molar-refractivity contribution in [3.63, 3.8) is 0 Å². The lowest BCUT2D eigenvalue weighted by Gasteiger charge is -2.23. The van der Waals surface area contributed by atoms with Gasteiger partial charge in [-0.3, -0.25) is 0 Å². The summed E-state index contributed by atoms with van der Waals surface area (Å²) in [5.41, 5.74) is 6.92. The third kappa shape index (κ3) is 2.10. The molecule has 2 nitrogen and oxygen atoms in total. The molecule has 0 fully saturated rings. The number of nitrogens with two attached hydrogens (primary N) is 1. The summed E-state index contributed by atoms with van der Waals surface area (Å²) in [7, 11) is 0. The first-order valence-corrected chi connectivity index (χ1v) is 4.97. The Bertz CT molecular complexity index is 324. The molecule has 0 radical (unpaired) electrons. The van der Waals surface area contributed by atoms with Crippen molar-refractivity contribution in [3.8, 4) is 0 Å². The van der Waals surface area contributed by atoms with Crippen LogP contribution in [0.3, 0.4) is 0 Å². The van der Waals surface area contributed by atoms with Crippen molar-refractivity contribution in [2.75, 3.05) is 23.7 Å². The van der Waals surface area contributed by atoms with Gasteiger partial charge in [-0.25, -0.2) is 4.39 Å². The predicted molar refractivity (Wildman–Crippen MR) is 59.4 cm³/mol. The number of hydrogen-bond donors (Lipinski definition) is 1.